The molecule has 0 spiro atoms. The summed E-state index contributed by atoms with van der Waals surface area (Å²) in [5.41, 5.74) is 8.13. The van der Waals surface area contributed by atoms with Gasteiger partial charge in [-0.1, -0.05) is 12.1 Å². The number of rotatable bonds is 3. The van der Waals surface area contributed by atoms with Crippen LogP contribution in [-0.2, 0) is 9.59 Å². The summed E-state index contributed by atoms with van der Waals surface area (Å²) in [4.78, 5) is 27.0. The van der Waals surface area contributed by atoms with Gasteiger partial charge in [0.25, 0.3) is 0 Å². The number of thiophene rings is 1. The predicted molar refractivity (Wildman–Crippen MR) is 93.2 cm³/mol. The standard InChI is InChI=1S/C17H19N3O2S/c1-20-7-6-12(10-16(20)21)17(22)19-14-9-11(4-5-13(14)18)15-3-2-8-23-15/h2-5,8-9,12H,6-7,10,18H2,1H3,(H,19,22). The summed E-state index contributed by atoms with van der Waals surface area (Å²) < 4.78 is 0. The van der Waals surface area contributed by atoms with Gasteiger partial charge in [0.1, 0.15) is 0 Å². The lowest BCUT2D eigenvalue weighted by Gasteiger charge is -2.28. The number of carbonyl (C=O) groups is 2. The molecule has 3 N–H and O–H groups in total. The molecule has 1 saturated heterocycles. The zero-order chi connectivity index (χ0) is 16.4. The van der Waals surface area contributed by atoms with Gasteiger partial charge in [0.15, 0.2) is 0 Å². The highest BCUT2D eigenvalue weighted by atomic mass is 32.1. The Morgan fingerprint density at radius 2 is 2.22 bits per heavy atom. The third-order valence-electron chi connectivity index (χ3n) is 4.15. The van der Waals surface area contributed by atoms with Crippen LogP contribution in [0.5, 0.6) is 0 Å². The normalized spacial score (nSPS) is 18.0. The largest absolute Gasteiger partial charge is 0.397 e. The summed E-state index contributed by atoms with van der Waals surface area (Å²) >= 11 is 1.63. The molecule has 5 nitrogen and oxygen atoms in total. The van der Waals surface area contributed by atoms with Crippen LogP contribution in [0.2, 0.25) is 0 Å². The van der Waals surface area contributed by atoms with Crippen LogP contribution in [0.1, 0.15) is 12.8 Å². The number of nitrogen functional groups attached to an aromatic ring is 1. The number of anilines is 2. The molecule has 0 radical (unpaired) electrons. The summed E-state index contributed by atoms with van der Waals surface area (Å²) in [5.74, 6) is -0.415. The van der Waals surface area contributed by atoms with Crippen molar-refractivity contribution >= 4 is 34.5 Å². The highest BCUT2D eigenvalue weighted by Gasteiger charge is 2.28. The highest BCUT2D eigenvalue weighted by molar-refractivity contribution is 7.13. The molecule has 23 heavy (non-hydrogen) atoms. The second-order valence-corrected chi connectivity index (χ2v) is 6.72. The van der Waals surface area contributed by atoms with Crippen molar-refractivity contribution in [3.63, 3.8) is 0 Å². The van der Waals surface area contributed by atoms with E-state index in [2.05, 4.69) is 5.32 Å². The van der Waals surface area contributed by atoms with Gasteiger partial charge in [-0.2, -0.15) is 0 Å². The third-order valence-corrected chi connectivity index (χ3v) is 5.07. The number of nitrogens with one attached hydrogen (secondary N) is 1. The quantitative estimate of drug-likeness (QED) is 0.850. The number of nitrogens with zero attached hydrogens (tertiary/aromatic N) is 1. The van der Waals surface area contributed by atoms with Crippen molar-refractivity contribution < 1.29 is 9.59 Å². The molecule has 0 bridgehead atoms. The molecular formula is C17H19N3O2S. The lowest BCUT2D eigenvalue weighted by atomic mass is 9.95. The number of nitrogens with two attached hydrogens (primary N) is 1. The van der Waals surface area contributed by atoms with Crippen molar-refractivity contribution in [3.8, 4) is 10.4 Å². The third kappa shape index (κ3) is 3.37. The Balaban J connectivity index is 1.76. The van der Waals surface area contributed by atoms with Crippen molar-refractivity contribution in [1.29, 1.82) is 0 Å². The second kappa shape index (κ2) is 6.42. The minimum Gasteiger partial charge on any atom is -0.397 e. The first kappa shape index (κ1) is 15.6. The van der Waals surface area contributed by atoms with Crippen LogP contribution in [0.25, 0.3) is 10.4 Å². The SMILES string of the molecule is CN1CCC(C(=O)Nc2cc(-c3cccs3)ccc2N)CC1=O. The van der Waals surface area contributed by atoms with Crippen LogP contribution in [0.15, 0.2) is 35.7 Å². The number of amides is 2. The van der Waals surface area contributed by atoms with Crippen LogP contribution >= 0.6 is 11.3 Å². The van der Waals surface area contributed by atoms with E-state index in [-0.39, 0.29) is 24.2 Å². The molecule has 1 aliphatic heterocycles. The monoisotopic (exact) mass is 329 g/mol. The first-order valence-electron chi connectivity index (χ1n) is 7.53. The number of carbonyl (C=O) groups excluding carboxylic acids is 2. The molecule has 6 heteroatoms. The van der Waals surface area contributed by atoms with E-state index >= 15 is 0 Å². The van der Waals surface area contributed by atoms with Gasteiger partial charge in [-0.3, -0.25) is 9.59 Å². The molecule has 2 amide bonds. The smallest absolute Gasteiger partial charge is 0.228 e. The predicted octanol–water partition coefficient (Wildman–Crippen LogP) is 2.80. The fourth-order valence-electron chi connectivity index (χ4n) is 2.66. The van der Waals surface area contributed by atoms with Crippen molar-refractivity contribution in [3.05, 3.63) is 35.7 Å². The van der Waals surface area contributed by atoms with E-state index in [1.54, 1.807) is 29.4 Å². The fraction of sp³-hybridized carbons (Fsp3) is 0.294. The van der Waals surface area contributed by atoms with Gasteiger partial charge in [-0.05, 0) is 35.6 Å². The summed E-state index contributed by atoms with van der Waals surface area (Å²) in [6.07, 6.45) is 0.936. The van der Waals surface area contributed by atoms with Gasteiger partial charge < -0.3 is 16.0 Å². The molecule has 1 fully saturated rings. The van der Waals surface area contributed by atoms with Crippen LogP contribution < -0.4 is 11.1 Å². The maximum absolute atomic E-state index is 12.4. The summed E-state index contributed by atoms with van der Waals surface area (Å²) in [7, 11) is 1.76. The van der Waals surface area contributed by atoms with Crippen molar-refractivity contribution in [2.75, 3.05) is 24.6 Å². The lowest BCUT2D eigenvalue weighted by Crippen LogP contribution is -2.39. The number of likely N-dealkylation sites (tertiary alicyclic amines) is 1. The van der Waals surface area contributed by atoms with E-state index < -0.39 is 0 Å². The van der Waals surface area contributed by atoms with E-state index in [1.165, 1.54) is 0 Å². The van der Waals surface area contributed by atoms with E-state index in [9.17, 15) is 9.59 Å². The Morgan fingerprint density at radius 3 is 2.91 bits per heavy atom. The maximum atomic E-state index is 12.4. The summed E-state index contributed by atoms with van der Waals surface area (Å²) in [6, 6.07) is 9.63. The minimum absolute atomic E-state index is 0.0108. The fourth-order valence-corrected chi connectivity index (χ4v) is 3.39. The number of piperidine rings is 1. The Labute approximate surface area is 139 Å². The molecule has 1 unspecified atom stereocenters. The minimum atomic E-state index is -0.288. The van der Waals surface area contributed by atoms with Crippen LogP contribution in [-0.4, -0.2) is 30.3 Å². The molecule has 3 rings (SSSR count). The topological polar surface area (TPSA) is 75.4 Å². The zero-order valence-electron chi connectivity index (χ0n) is 12.9. The van der Waals surface area contributed by atoms with Crippen LogP contribution in [0.3, 0.4) is 0 Å². The molecule has 0 aliphatic carbocycles. The molecule has 2 aromatic rings. The number of hydrogen-bond acceptors (Lipinski definition) is 4. The molecule has 1 aromatic heterocycles. The number of hydrogen-bond donors (Lipinski definition) is 2. The van der Waals surface area contributed by atoms with Gasteiger partial charge in [0.2, 0.25) is 11.8 Å². The summed E-state index contributed by atoms with van der Waals surface area (Å²) in [5, 5.41) is 4.90. The van der Waals surface area contributed by atoms with E-state index in [1.807, 2.05) is 29.6 Å². The molecule has 2 heterocycles. The van der Waals surface area contributed by atoms with Crippen molar-refractivity contribution in [1.82, 2.24) is 4.90 Å². The highest BCUT2D eigenvalue weighted by Crippen LogP contribution is 2.31. The maximum Gasteiger partial charge on any atom is 0.228 e. The molecule has 120 valence electrons. The Hall–Kier alpha value is -2.34. The molecule has 1 atom stereocenters. The van der Waals surface area contributed by atoms with E-state index in [0.29, 0.717) is 24.3 Å². The van der Waals surface area contributed by atoms with Crippen molar-refractivity contribution in [2.24, 2.45) is 5.92 Å². The molecule has 0 saturated carbocycles. The van der Waals surface area contributed by atoms with Crippen LogP contribution in [0, 0.1) is 5.92 Å². The Morgan fingerprint density at radius 1 is 1.39 bits per heavy atom. The molecule has 1 aliphatic rings. The van der Waals surface area contributed by atoms with Gasteiger partial charge in [0, 0.05) is 30.8 Å². The van der Waals surface area contributed by atoms with Crippen LogP contribution in [0.4, 0.5) is 11.4 Å². The molecule has 1 aromatic carbocycles. The van der Waals surface area contributed by atoms with Crippen molar-refractivity contribution in [2.45, 2.75) is 12.8 Å². The first-order chi connectivity index (χ1) is 11.0. The average molecular weight is 329 g/mol. The number of benzene rings is 1. The molecular weight excluding hydrogens is 310 g/mol. The second-order valence-electron chi connectivity index (χ2n) is 5.77. The first-order valence-corrected chi connectivity index (χ1v) is 8.41. The Kier molecular flexibility index (Phi) is 4.34. The lowest BCUT2D eigenvalue weighted by molar-refractivity contribution is -0.137. The average Bonchev–Trinajstić information content (AvgIpc) is 3.06. The van der Waals surface area contributed by atoms with Gasteiger partial charge in [-0.15, -0.1) is 11.3 Å². The van der Waals surface area contributed by atoms with Gasteiger partial charge >= 0.3 is 0 Å². The summed E-state index contributed by atoms with van der Waals surface area (Å²) in [6.45, 7) is 0.613. The van der Waals surface area contributed by atoms with E-state index in [0.717, 1.165) is 10.4 Å². The van der Waals surface area contributed by atoms with E-state index in [4.69, 9.17) is 5.73 Å². The Bertz CT molecular complexity index is 727. The van der Waals surface area contributed by atoms with Gasteiger partial charge in [0.05, 0.1) is 11.4 Å². The van der Waals surface area contributed by atoms with Gasteiger partial charge in [-0.25, -0.2) is 0 Å². The zero-order valence-corrected chi connectivity index (χ0v) is 13.7.